The molecular formula is C34H64N4O2. The van der Waals surface area contributed by atoms with Gasteiger partial charge in [0.15, 0.2) is 0 Å². The third-order valence-electron chi connectivity index (χ3n) is 12.4. The van der Waals surface area contributed by atoms with Gasteiger partial charge in [0, 0.05) is 38.6 Å². The first-order chi connectivity index (χ1) is 19.2. The number of nitrogens with two attached hydrogens (primary N) is 1. The first-order valence-corrected chi connectivity index (χ1v) is 17.2. The molecule has 0 spiro atoms. The van der Waals surface area contributed by atoms with Crippen LogP contribution < -0.4 is 21.7 Å². The predicted molar refractivity (Wildman–Crippen MR) is 166 cm³/mol. The summed E-state index contributed by atoms with van der Waals surface area (Å²) in [5.74, 6) is 5.02. The maximum atomic E-state index is 12.2. The molecule has 6 heteroatoms. The summed E-state index contributed by atoms with van der Waals surface area (Å²) in [5, 5.41) is 10.9. The fourth-order valence-corrected chi connectivity index (χ4v) is 10.3. The van der Waals surface area contributed by atoms with E-state index in [-0.39, 0.29) is 12.1 Å². The minimum atomic E-state index is -0.00975. The summed E-state index contributed by atoms with van der Waals surface area (Å²) in [6, 6.07) is 0.704. The maximum Gasteiger partial charge on any atom is 0.306 e. The Bertz CT molecular complexity index is 792. The van der Waals surface area contributed by atoms with Gasteiger partial charge in [0.25, 0.3) is 0 Å². The van der Waals surface area contributed by atoms with Crippen molar-refractivity contribution in [2.24, 2.45) is 52.1 Å². The van der Waals surface area contributed by atoms with Crippen molar-refractivity contribution in [3.05, 3.63) is 0 Å². The van der Waals surface area contributed by atoms with Crippen molar-refractivity contribution in [3.63, 3.8) is 0 Å². The van der Waals surface area contributed by atoms with Gasteiger partial charge in [-0.3, -0.25) is 4.79 Å². The number of rotatable bonds is 15. The Morgan fingerprint density at radius 1 is 0.875 bits per heavy atom. The second-order valence-electron chi connectivity index (χ2n) is 15.0. The van der Waals surface area contributed by atoms with Gasteiger partial charge >= 0.3 is 5.97 Å². The zero-order chi connectivity index (χ0) is 28.8. The largest absolute Gasteiger partial charge is 0.463 e. The molecule has 0 bridgehead atoms. The number of carbonyl (C=O) groups excluding carboxylic acids is 1. The number of nitrogens with one attached hydrogen (secondary N) is 3. The molecule has 9 atom stereocenters. The minimum Gasteiger partial charge on any atom is -0.463 e. The third-order valence-corrected chi connectivity index (χ3v) is 12.4. The van der Waals surface area contributed by atoms with Crippen LogP contribution in [0.3, 0.4) is 0 Å². The van der Waals surface area contributed by atoms with Crippen LogP contribution in [0.4, 0.5) is 0 Å². The zero-order valence-corrected chi connectivity index (χ0v) is 26.7. The van der Waals surface area contributed by atoms with E-state index in [2.05, 4.69) is 36.7 Å². The van der Waals surface area contributed by atoms with Crippen LogP contribution in [0.2, 0.25) is 0 Å². The molecule has 4 saturated carbocycles. The van der Waals surface area contributed by atoms with E-state index in [4.69, 9.17) is 10.5 Å². The molecule has 7 unspecified atom stereocenters. The lowest BCUT2D eigenvalue weighted by Crippen LogP contribution is -2.55. The number of fused-ring (bicyclic) bond motifs is 5. The SMILES string of the molecule is CC(C)OC(=O)CC[C@@H](C)C1CCC2C3CCC4CC(NCCNCCCNCCN)CCC4(C)C3CC[C@@]21C. The van der Waals surface area contributed by atoms with E-state index >= 15 is 0 Å². The molecular weight excluding hydrogens is 496 g/mol. The van der Waals surface area contributed by atoms with Crippen LogP contribution in [-0.4, -0.2) is 57.4 Å². The fraction of sp³-hybridized carbons (Fsp3) is 0.971. The summed E-state index contributed by atoms with van der Waals surface area (Å²) >= 11 is 0. The fourth-order valence-electron chi connectivity index (χ4n) is 10.3. The normalized spacial score (nSPS) is 38.0. The second-order valence-corrected chi connectivity index (χ2v) is 15.0. The van der Waals surface area contributed by atoms with Crippen LogP contribution in [0.5, 0.6) is 0 Å². The van der Waals surface area contributed by atoms with E-state index in [1.54, 1.807) is 0 Å². The molecule has 0 saturated heterocycles. The van der Waals surface area contributed by atoms with Crippen molar-refractivity contribution < 1.29 is 9.53 Å². The Morgan fingerprint density at radius 2 is 1.60 bits per heavy atom. The van der Waals surface area contributed by atoms with E-state index in [0.29, 0.717) is 29.2 Å². The lowest BCUT2D eigenvalue weighted by Gasteiger charge is -2.61. The first-order valence-electron chi connectivity index (χ1n) is 17.2. The summed E-state index contributed by atoms with van der Waals surface area (Å²) in [7, 11) is 0. The molecule has 0 radical (unpaired) electrons. The lowest BCUT2D eigenvalue weighted by atomic mass is 9.44. The van der Waals surface area contributed by atoms with Gasteiger partial charge in [-0.25, -0.2) is 0 Å². The summed E-state index contributed by atoms with van der Waals surface area (Å²) < 4.78 is 5.43. The Morgan fingerprint density at radius 3 is 2.35 bits per heavy atom. The molecule has 0 aliphatic heterocycles. The van der Waals surface area contributed by atoms with Gasteiger partial charge in [-0.1, -0.05) is 20.8 Å². The van der Waals surface area contributed by atoms with E-state index in [9.17, 15) is 4.79 Å². The third kappa shape index (κ3) is 7.44. The smallest absolute Gasteiger partial charge is 0.306 e. The van der Waals surface area contributed by atoms with Crippen LogP contribution >= 0.6 is 0 Å². The number of esters is 1. The molecule has 4 fully saturated rings. The number of hydrogen-bond acceptors (Lipinski definition) is 6. The van der Waals surface area contributed by atoms with E-state index in [1.165, 1.54) is 64.2 Å². The summed E-state index contributed by atoms with van der Waals surface area (Å²) in [4.78, 5) is 12.2. The Kier molecular flexibility index (Phi) is 11.8. The van der Waals surface area contributed by atoms with Gasteiger partial charge in [-0.05, 0) is 144 Å². The van der Waals surface area contributed by atoms with Gasteiger partial charge in [0.1, 0.15) is 0 Å². The van der Waals surface area contributed by atoms with Gasteiger partial charge in [-0.15, -0.1) is 0 Å². The van der Waals surface area contributed by atoms with Crippen molar-refractivity contribution in [3.8, 4) is 0 Å². The van der Waals surface area contributed by atoms with Crippen molar-refractivity contribution in [1.82, 2.24) is 16.0 Å². The summed E-state index contributed by atoms with van der Waals surface area (Å²) in [5.41, 5.74) is 6.54. The summed E-state index contributed by atoms with van der Waals surface area (Å²) in [6.45, 7) is 17.6. The molecule has 0 heterocycles. The van der Waals surface area contributed by atoms with E-state index in [1.807, 2.05) is 13.8 Å². The van der Waals surface area contributed by atoms with E-state index < -0.39 is 0 Å². The minimum absolute atomic E-state index is 0.00419. The summed E-state index contributed by atoms with van der Waals surface area (Å²) in [6.07, 6.45) is 15.4. The van der Waals surface area contributed by atoms with Crippen molar-refractivity contribution in [2.45, 2.75) is 124 Å². The highest BCUT2D eigenvalue weighted by atomic mass is 16.5. The van der Waals surface area contributed by atoms with Crippen molar-refractivity contribution >= 4 is 5.97 Å². The average Bonchev–Trinajstić information content (AvgIpc) is 3.28. The number of carbonyl (C=O) groups is 1. The van der Waals surface area contributed by atoms with Gasteiger partial charge < -0.3 is 26.4 Å². The molecule has 232 valence electrons. The lowest BCUT2D eigenvalue weighted by molar-refractivity contribution is -0.148. The molecule has 5 N–H and O–H groups in total. The Labute approximate surface area is 246 Å². The van der Waals surface area contributed by atoms with Crippen LogP contribution in [0.25, 0.3) is 0 Å². The standard InChI is InChI=1S/C34H64N4O2/c1-24(2)40-32(39)12-7-25(3)29-10-11-30-28-9-8-26-23-27(38-22-21-37-19-6-18-36-20-17-35)13-15-33(26,4)31(28)14-16-34(29,30)5/h24-31,36-38H,6-23,35H2,1-5H3/t25-,26?,27?,28?,29?,30?,31?,33?,34-/m1/s1. The van der Waals surface area contributed by atoms with Crippen LogP contribution in [0.1, 0.15) is 112 Å². The van der Waals surface area contributed by atoms with Gasteiger partial charge in [0.05, 0.1) is 6.10 Å². The molecule has 4 aliphatic rings. The quantitative estimate of drug-likeness (QED) is 0.156. The Balaban J connectivity index is 1.23. The highest BCUT2D eigenvalue weighted by molar-refractivity contribution is 5.69. The maximum absolute atomic E-state index is 12.2. The molecule has 4 rings (SSSR count). The van der Waals surface area contributed by atoms with Crippen LogP contribution in [-0.2, 0) is 9.53 Å². The second kappa shape index (κ2) is 14.7. The first kappa shape index (κ1) is 32.2. The number of ether oxygens (including phenoxy) is 1. The molecule has 0 aromatic heterocycles. The van der Waals surface area contributed by atoms with Gasteiger partial charge in [-0.2, -0.15) is 0 Å². The van der Waals surface area contributed by atoms with Crippen molar-refractivity contribution in [2.75, 3.05) is 39.3 Å². The highest BCUT2D eigenvalue weighted by Gasteiger charge is 2.60. The molecule has 0 aromatic rings. The molecule has 0 aromatic carbocycles. The zero-order valence-electron chi connectivity index (χ0n) is 26.7. The highest BCUT2D eigenvalue weighted by Crippen LogP contribution is 2.68. The molecule has 40 heavy (non-hydrogen) atoms. The van der Waals surface area contributed by atoms with E-state index in [0.717, 1.165) is 75.3 Å². The van der Waals surface area contributed by atoms with Crippen LogP contribution in [0, 0.1) is 46.3 Å². The average molecular weight is 561 g/mol. The van der Waals surface area contributed by atoms with Crippen molar-refractivity contribution in [1.29, 1.82) is 0 Å². The topological polar surface area (TPSA) is 88.4 Å². The van der Waals surface area contributed by atoms with Crippen LogP contribution in [0.15, 0.2) is 0 Å². The molecule has 0 amide bonds. The molecule has 4 aliphatic carbocycles. The Hall–Kier alpha value is -0.690. The predicted octanol–water partition coefficient (Wildman–Crippen LogP) is 5.50. The number of hydrogen-bond donors (Lipinski definition) is 4. The molecule has 6 nitrogen and oxygen atoms in total. The monoisotopic (exact) mass is 561 g/mol. The van der Waals surface area contributed by atoms with Gasteiger partial charge in [0.2, 0.25) is 0 Å².